The summed E-state index contributed by atoms with van der Waals surface area (Å²) in [5.41, 5.74) is 3.24. The Bertz CT molecular complexity index is 690. The molecular formula is C16H18N4O2. The zero-order valence-corrected chi connectivity index (χ0v) is 12.1. The lowest BCUT2D eigenvalue weighted by Crippen LogP contribution is -2.07. The van der Waals surface area contributed by atoms with E-state index in [0.717, 1.165) is 23.4 Å². The third-order valence-corrected chi connectivity index (χ3v) is 4.46. The maximum absolute atomic E-state index is 10.9. The number of nitrogens with zero attached hydrogens (tertiary/aromatic N) is 3. The summed E-state index contributed by atoms with van der Waals surface area (Å²) in [5.74, 6) is -0.696. The van der Waals surface area contributed by atoms with Crippen LogP contribution in [0, 0.1) is 5.92 Å². The molecule has 2 aromatic rings. The lowest BCUT2D eigenvalue weighted by molar-refractivity contribution is -0.138. The van der Waals surface area contributed by atoms with Crippen molar-refractivity contribution in [3.63, 3.8) is 0 Å². The maximum atomic E-state index is 10.9. The van der Waals surface area contributed by atoms with E-state index in [2.05, 4.69) is 15.6 Å². The summed E-state index contributed by atoms with van der Waals surface area (Å²) < 4.78 is 2.00. The van der Waals surface area contributed by atoms with Gasteiger partial charge in [0.25, 0.3) is 0 Å². The molecule has 2 N–H and O–H groups in total. The van der Waals surface area contributed by atoms with E-state index in [1.165, 1.54) is 12.8 Å². The smallest absolute Gasteiger partial charge is 0.307 e. The Labute approximate surface area is 128 Å². The highest BCUT2D eigenvalue weighted by Crippen LogP contribution is 2.47. The third kappa shape index (κ3) is 2.56. The molecule has 0 spiro atoms. The molecule has 1 heterocycles. The zero-order valence-electron chi connectivity index (χ0n) is 12.1. The van der Waals surface area contributed by atoms with Crippen molar-refractivity contribution in [2.75, 3.05) is 5.32 Å². The Morgan fingerprint density at radius 1 is 1.32 bits per heavy atom. The first-order valence-corrected chi connectivity index (χ1v) is 7.68. The van der Waals surface area contributed by atoms with Crippen molar-refractivity contribution in [1.29, 1.82) is 0 Å². The Hall–Kier alpha value is -2.37. The molecule has 2 atom stereocenters. The largest absolute Gasteiger partial charge is 0.481 e. The van der Waals surface area contributed by atoms with Crippen LogP contribution in [-0.4, -0.2) is 26.1 Å². The van der Waals surface area contributed by atoms with Crippen molar-refractivity contribution >= 4 is 11.7 Å². The van der Waals surface area contributed by atoms with Gasteiger partial charge in [-0.25, -0.2) is 4.68 Å². The number of hydrogen-bond donors (Lipinski definition) is 2. The van der Waals surface area contributed by atoms with Gasteiger partial charge in [-0.05, 0) is 42.9 Å². The Morgan fingerprint density at radius 3 is 2.73 bits per heavy atom. The van der Waals surface area contributed by atoms with Crippen LogP contribution in [-0.2, 0) is 11.3 Å². The van der Waals surface area contributed by atoms with Crippen molar-refractivity contribution in [1.82, 2.24) is 15.0 Å². The van der Waals surface area contributed by atoms with Crippen LogP contribution in [0.2, 0.25) is 0 Å². The number of aliphatic carboxylic acids is 1. The van der Waals surface area contributed by atoms with Crippen LogP contribution in [0.15, 0.2) is 30.5 Å². The molecule has 4 rings (SSSR count). The van der Waals surface area contributed by atoms with Gasteiger partial charge in [0, 0.05) is 5.69 Å². The summed E-state index contributed by atoms with van der Waals surface area (Å²) >= 11 is 0. The predicted molar refractivity (Wildman–Crippen MR) is 80.5 cm³/mol. The van der Waals surface area contributed by atoms with Gasteiger partial charge in [-0.15, -0.1) is 5.10 Å². The van der Waals surface area contributed by atoms with Crippen molar-refractivity contribution in [3.05, 3.63) is 41.7 Å². The van der Waals surface area contributed by atoms with Crippen LogP contribution >= 0.6 is 0 Å². The number of carbonyl (C=O) groups is 1. The molecule has 0 aliphatic heterocycles. The number of aromatic nitrogens is 3. The molecule has 1 aromatic carbocycles. The summed E-state index contributed by atoms with van der Waals surface area (Å²) in [5, 5.41) is 20.5. The average Bonchev–Trinajstić information content (AvgIpc) is 3.44. The fourth-order valence-electron chi connectivity index (χ4n) is 2.90. The summed E-state index contributed by atoms with van der Waals surface area (Å²) in [6.45, 7) is 0.698. The number of carboxylic acid groups (broad SMARTS) is 1. The van der Waals surface area contributed by atoms with Gasteiger partial charge >= 0.3 is 5.97 Å². The number of anilines is 1. The standard InChI is InChI=1S/C16H18N4O2/c21-16(22)15-7-14(15)10-1-3-11(4-2-10)17-8-13-9-18-19-20(13)12-5-6-12/h1-4,9,12,14-15,17H,5-8H2,(H,21,22)/t14-,15+/m0/s1. The number of carboxylic acids is 1. The van der Waals surface area contributed by atoms with E-state index in [-0.39, 0.29) is 11.8 Å². The summed E-state index contributed by atoms with van der Waals surface area (Å²) in [6.07, 6.45) is 4.95. The molecule has 2 fully saturated rings. The molecule has 0 amide bonds. The summed E-state index contributed by atoms with van der Waals surface area (Å²) in [4.78, 5) is 10.9. The van der Waals surface area contributed by atoms with Gasteiger partial charge in [0.05, 0.1) is 30.4 Å². The highest BCUT2D eigenvalue weighted by atomic mass is 16.4. The number of hydrogen-bond acceptors (Lipinski definition) is 4. The SMILES string of the molecule is O=C(O)[C@@H]1C[C@H]1c1ccc(NCc2cnnn2C2CC2)cc1. The molecule has 22 heavy (non-hydrogen) atoms. The highest BCUT2D eigenvalue weighted by Gasteiger charge is 2.43. The highest BCUT2D eigenvalue weighted by molar-refractivity contribution is 5.75. The molecule has 1 aromatic heterocycles. The molecular weight excluding hydrogens is 280 g/mol. The van der Waals surface area contributed by atoms with Crippen molar-refractivity contribution in [2.24, 2.45) is 5.92 Å². The van der Waals surface area contributed by atoms with Gasteiger partial charge in [-0.1, -0.05) is 17.3 Å². The van der Waals surface area contributed by atoms with Crippen molar-refractivity contribution in [3.8, 4) is 0 Å². The average molecular weight is 298 g/mol. The number of benzene rings is 1. The fraction of sp³-hybridized carbons (Fsp3) is 0.438. The van der Waals surface area contributed by atoms with E-state index in [1.807, 2.05) is 28.9 Å². The molecule has 0 radical (unpaired) electrons. The second-order valence-corrected chi connectivity index (χ2v) is 6.16. The maximum Gasteiger partial charge on any atom is 0.307 e. The first-order valence-electron chi connectivity index (χ1n) is 7.68. The Morgan fingerprint density at radius 2 is 2.09 bits per heavy atom. The summed E-state index contributed by atoms with van der Waals surface area (Å²) in [6, 6.07) is 8.60. The van der Waals surface area contributed by atoms with E-state index in [0.29, 0.717) is 12.6 Å². The van der Waals surface area contributed by atoms with Crippen molar-refractivity contribution < 1.29 is 9.90 Å². The molecule has 2 aliphatic rings. The topological polar surface area (TPSA) is 80.0 Å². The minimum absolute atomic E-state index is 0.187. The van der Waals surface area contributed by atoms with E-state index < -0.39 is 5.97 Å². The van der Waals surface area contributed by atoms with Crippen molar-refractivity contribution in [2.45, 2.75) is 37.8 Å². The molecule has 6 nitrogen and oxygen atoms in total. The molecule has 2 aliphatic carbocycles. The van der Waals surface area contributed by atoms with E-state index >= 15 is 0 Å². The molecule has 6 heteroatoms. The molecule has 2 saturated carbocycles. The molecule has 114 valence electrons. The lowest BCUT2D eigenvalue weighted by atomic mass is 10.1. The Balaban J connectivity index is 1.37. The van der Waals surface area contributed by atoms with Gasteiger partial charge < -0.3 is 10.4 Å². The van der Waals surface area contributed by atoms with Gasteiger partial charge in [0.15, 0.2) is 0 Å². The number of rotatable bonds is 6. The lowest BCUT2D eigenvalue weighted by Gasteiger charge is -2.08. The normalized spacial score (nSPS) is 23.3. The van der Waals surface area contributed by atoms with Crippen LogP contribution in [0.25, 0.3) is 0 Å². The fourth-order valence-corrected chi connectivity index (χ4v) is 2.90. The van der Waals surface area contributed by atoms with Gasteiger partial charge in [-0.2, -0.15) is 0 Å². The van der Waals surface area contributed by atoms with Crippen LogP contribution in [0.4, 0.5) is 5.69 Å². The van der Waals surface area contributed by atoms with Crippen LogP contribution in [0.1, 0.15) is 42.5 Å². The first-order chi connectivity index (χ1) is 10.7. The molecule has 0 saturated heterocycles. The van der Waals surface area contributed by atoms with E-state index in [4.69, 9.17) is 5.11 Å². The quantitative estimate of drug-likeness (QED) is 0.856. The van der Waals surface area contributed by atoms with Crippen LogP contribution in [0.5, 0.6) is 0 Å². The molecule has 0 bridgehead atoms. The Kier molecular flexibility index (Phi) is 3.10. The van der Waals surface area contributed by atoms with Gasteiger partial charge in [0.2, 0.25) is 0 Å². The minimum Gasteiger partial charge on any atom is -0.481 e. The molecule has 0 unspecified atom stereocenters. The zero-order chi connectivity index (χ0) is 15.1. The number of nitrogens with one attached hydrogen (secondary N) is 1. The van der Waals surface area contributed by atoms with Crippen LogP contribution < -0.4 is 5.32 Å². The van der Waals surface area contributed by atoms with E-state index in [9.17, 15) is 4.79 Å². The van der Waals surface area contributed by atoms with Gasteiger partial charge in [-0.3, -0.25) is 4.79 Å². The second-order valence-electron chi connectivity index (χ2n) is 6.16. The third-order valence-electron chi connectivity index (χ3n) is 4.46. The predicted octanol–water partition coefficient (Wildman–Crippen LogP) is 2.41. The monoisotopic (exact) mass is 298 g/mol. The minimum atomic E-state index is -0.687. The second kappa shape index (κ2) is 5.12. The van der Waals surface area contributed by atoms with Gasteiger partial charge in [0.1, 0.15) is 0 Å². The van der Waals surface area contributed by atoms with Crippen LogP contribution in [0.3, 0.4) is 0 Å². The van der Waals surface area contributed by atoms with E-state index in [1.54, 1.807) is 6.20 Å². The summed E-state index contributed by atoms with van der Waals surface area (Å²) in [7, 11) is 0. The first kappa shape index (κ1) is 13.3.